The quantitative estimate of drug-likeness (QED) is 0.819. The zero-order chi connectivity index (χ0) is 21.0. The van der Waals surface area contributed by atoms with Crippen LogP contribution in [-0.2, 0) is 4.79 Å². The molecule has 3 aliphatic rings. The molecule has 31 heavy (non-hydrogen) atoms. The summed E-state index contributed by atoms with van der Waals surface area (Å²) in [7, 11) is 0. The number of carbonyl (C=O) groups is 1. The van der Waals surface area contributed by atoms with Crippen molar-refractivity contribution in [3.63, 3.8) is 0 Å². The van der Waals surface area contributed by atoms with E-state index in [0.29, 0.717) is 5.75 Å². The summed E-state index contributed by atoms with van der Waals surface area (Å²) >= 11 is 0. The van der Waals surface area contributed by atoms with Gasteiger partial charge in [0.05, 0.1) is 17.1 Å². The number of piperazine rings is 1. The Balaban J connectivity index is 1.30. The second kappa shape index (κ2) is 8.57. The number of nitrogens with one attached hydrogen (secondary N) is 1. The van der Waals surface area contributed by atoms with Gasteiger partial charge in [-0.15, -0.1) is 0 Å². The minimum Gasteiger partial charge on any atom is -0.484 e. The third kappa shape index (κ3) is 4.00. The van der Waals surface area contributed by atoms with Gasteiger partial charge in [0.15, 0.2) is 6.61 Å². The topological polar surface area (TPSA) is 71.2 Å². The molecule has 1 fully saturated rings. The highest BCUT2D eigenvalue weighted by molar-refractivity contribution is 6.16. The first-order chi connectivity index (χ1) is 15.3. The van der Waals surface area contributed by atoms with Crippen LogP contribution in [0, 0.1) is 0 Å². The van der Waals surface area contributed by atoms with Crippen LogP contribution in [0.5, 0.6) is 5.75 Å². The molecule has 5 rings (SSSR count). The standard InChI is InChI=1S/C24H23N5O2/c30-23(28-15-12-25-13-16-28)17-31-19-7-5-18(6-8-19)29-14-2-4-22(29)24-20(9-11-27-24)21-3-1-10-26-21/h1-11,14,25H,12-13,15-17H2. The molecule has 1 aromatic carbocycles. The second-order valence-corrected chi connectivity index (χ2v) is 7.41. The van der Waals surface area contributed by atoms with Crippen molar-refractivity contribution in [2.24, 2.45) is 9.98 Å². The van der Waals surface area contributed by atoms with Crippen LogP contribution >= 0.6 is 0 Å². The van der Waals surface area contributed by atoms with Gasteiger partial charge >= 0.3 is 0 Å². The van der Waals surface area contributed by atoms with E-state index < -0.39 is 0 Å². The fourth-order valence-electron chi connectivity index (χ4n) is 3.86. The third-order valence-electron chi connectivity index (χ3n) is 5.47. The number of aromatic nitrogens is 1. The minimum absolute atomic E-state index is 0.0224. The van der Waals surface area contributed by atoms with Gasteiger partial charge in [0.2, 0.25) is 0 Å². The molecule has 1 saturated heterocycles. The summed E-state index contributed by atoms with van der Waals surface area (Å²) in [4.78, 5) is 23.1. The molecule has 1 N–H and O–H groups in total. The predicted octanol–water partition coefficient (Wildman–Crippen LogP) is 2.50. The number of allylic oxidation sites excluding steroid dienone is 4. The molecule has 0 atom stereocenters. The van der Waals surface area contributed by atoms with Crippen molar-refractivity contribution in [3.05, 3.63) is 84.0 Å². The molecule has 7 nitrogen and oxygen atoms in total. The third-order valence-corrected chi connectivity index (χ3v) is 5.47. The largest absolute Gasteiger partial charge is 0.484 e. The van der Waals surface area contributed by atoms with Crippen molar-refractivity contribution in [3.8, 4) is 11.4 Å². The van der Waals surface area contributed by atoms with E-state index in [2.05, 4.69) is 19.9 Å². The smallest absolute Gasteiger partial charge is 0.260 e. The van der Waals surface area contributed by atoms with Crippen molar-refractivity contribution in [2.45, 2.75) is 0 Å². The molecule has 0 saturated carbocycles. The van der Waals surface area contributed by atoms with E-state index in [0.717, 1.165) is 54.5 Å². The van der Waals surface area contributed by atoms with Gasteiger partial charge in [0, 0.05) is 56.1 Å². The Morgan fingerprint density at radius 2 is 1.94 bits per heavy atom. The zero-order valence-electron chi connectivity index (χ0n) is 17.1. The lowest BCUT2D eigenvalue weighted by Crippen LogP contribution is -2.47. The van der Waals surface area contributed by atoms with Gasteiger partial charge in [-0.1, -0.05) is 0 Å². The molecule has 0 aliphatic carbocycles. The Morgan fingerprint density at radius 1 is 1.10 bits per heavy atom. The molecule has 1 aromatic heterocycles. The Hall–Kier alpha value is -3.71. The molecular weight excluding hydrogens is 390 g/mol. The van der Waals surface area contributed by atoms with E-state index in [1.807, 2.05) is 71.9 Å². The molecule has 2 aromatic rings. The normalized spacial score (nSPS) is 19.9. The first kappa shape index (κ1) is 19.3. The molecular formula is C24H23N5O2. The van der Waals surface area contributed by atoms with E-state index >= 15 is 0 Å². The van der Waals surface area contributed by atoms with Crippen molar-refractivity contribution in [1.82, 2.24) is 14.8 Å². The van der Waals surface area contributed by atoms with Crippen LogP contribution in [0.2, 0.25) is 0 Å². The number of aliphatic imine (C=N–C) groups is 2. The molecule has 7 heteroatoms. The summed E-state index contributed by atoms with van der Waals surface area (Å²) in [6.07, 6.45) is 11.5. The van der Waals surface area contributed by atoms with Crippen molar-refractivity contribution in [1.29, 1.82) is 0 Å². The highest BCUT2D eigenvalue weighted by atomic mass is 16.5. The van der Waals surface area contributed by atoms with Crippen molar-refractivity contribution < 1.29 is 9.53 Å². The number of rotatable bonds is 5. The van der Waals surface area contributed by atoms with Crippen LogP contribution in [0.1, 0.15) is 5.69 Å². The lowest BCUT2D eigenvalue weighted by molar-refractivity contribution is -0.133. The Labute approximate surface area is 180 Å². The van der Waals surface area contributed by atoms with E-state index in [4.69, 9.17) is 4.74 Å². The highest BCUT2D eigenvalue weighted by Gasteiger charge is 2.20. The van der Waals surface area contributed by atoms with Crippen LogP contribution in [-0.4, -0.2) is 60.1 Å². The lowest BCUT2D eigenvalue weighted by atomic mass is 10.1. The molecule has 0 spiro atoms. The fraction of sp³-hybridized carbons (Fsp3) is 0.208. The number of hydrogen-bond donors (Lipinski definition) is 1. The summed E-state index contributed by atoms with van der Waals surface area (Å²) in [5.74, 6) is 0.697. The van der Waals surface area contributed by atoms with Gasteiger partial charge in [-0.2, -0.15) is 0 Å². The van der Waals surface area contributed by atoms with Crippen molar-refractivity contribution in [2.75, 3.05) is 32.8 Å². The number of nitrogens with zero attached hydrogens (tertiary/aromatic N) is 4. The average molecular weight is 413 g/mol. The number of amides is 1. The van der Waals surface area contributed by atoms with Gasteiger partial charge in [0.25, 0.3) is 5.91 Å². The molecule has 0 bridgehead atoms. The molecule has 0 unspecified atom stereocenters. The Morgan fingerprint density at radius 3 is 2.71 bits per heavy atom. The first-order valence-electron chi connectivity index (χ1n) is 10.4. The average Bonchev–Trinajstić information content (AvgIpc) is 3.59. The highest BCUT2D eigenvalue weighted by Crippen LogP contribution is 2.26. The number of hydrogen-bond acceptors (Lipinski definition) is 5. The number of carbonyl (C=O) groups excluding carboxylic acids is 1. The minimum atomic E-state index is 0.0224. The van der Waals surface area contributed by atoms with Crippen LogP contribution in [0.3, 0.4) is 0 Å². The molecule has 1 amide bonds. The van der Waals surface area contributed by atoms with Crippen LogP contribution < -0.4 is 10.1 Å². The summed E-state index contributed by atoms with van der Waals surface area (Å²) in [6.45, 7) is 3.19. The van der Waals surface area contributed by atoms with E-state index in [9.17, 15) is 4.79 Å². The maximum atomic E-state index is 12.3. The summed E-state index contributed by atoms with van der Waals surface area (Å²) < 4.78 is 7.81. The van der Waals surface area contributed by atoms with E-state index in [1.54, 1.807) is 6.21 Å². The lowest BCUT2D eigenvalue weighted by Gasteiger charge is -2.27. The monoisotopic (exact) mass is 413 g/mol. The Kier molecular flexibility index (Phi) is 5.33. The van der Waals surface area contributed by atoms with E-state index in [1.165, 1.54) is 0 Å². The van der Waals surface area contributed by atoms with E-state index in [-0.39, 0.29) is 12.5 Å². The first-order valence-corrected chi connectivity index (χ1v) is 10.4. The van der Waals surface area contributed by atoms with Gasteiger partial charge in [-0.25, -0.2) is 0 Å². The number of ether oxygens (including phenoxy) is 1. The van der Waals surface area contributed by atoms with Gasteiger partial charge in [-0.3, -0.25) is 14.8 Å². The second-order valence-electron chi connectivity index (χ2n) is 7.41. The maximum Gasteiger partial charge on any atom is 0.260 e. The molecule has 4 heterocycles. The van der Waals surface area contributed by atoms with Crippen molar-refractivity contribution >= 4 is 17.8 Å². The SMILES string of the molecule is O=C(COc1ccc(-n2cccc2C2=NC=CC2=C2C=CC=N2)cc1)N1CCNCC1. The van der Waals surface area contributed by atoms with Crippen LogP contribution in [0.25, 0.3) is 5.69 Å². The zero-order valence-corrected chi connectivity index (χ0v) is 17.1. The summed E-state index contributed by atoms with van der Waals surface area (Å²) in [6, 6.07) is 11.8. The Bertz CT molecular complexity index is 1110. The predicted molar refractivity (Wildman–Crippen MR) is 121 cm³/mol. The van der Waals surface area contributed by atoms with Gasteiger partial charge in [0.1, 0.15) is 5.75 Å². The molecule has 156 valence electrons. The molecule has 3 aliphatic heterocycles. The number of benzene rings is 1. The maximum absolute atomic E-state index is 12.3. The van der Waals surface area contributed by atoms with Gasteiger partial charge < -0.3 is 19.5 Å². The van der Waals surface area contributed by atoms with Crippen LogP contribution in [0.15, 0.2) is 88.3 Å². The summed E-state index contributed by atoms with van der Waals surface area (Å²) in [5, 5.41) is 3.24. The fourth-order valence-corrected chi connectivity index (χ4v) is 3.86. The van der Waals surface area contributed by atoms with Crippen LogP contribution in [0.4, 0.5) is 0 Å². The molecule has 0 radical (unpaired) electrons. The van der Waals surface area contributed by atoms with Gasteiger partial charge in [-0.05, 0) is 54.6 Å². The summed E-state index contributed by atoms with van der Waals surface area (Å²) in [5.41, 5.74) is 4.80.